The zero-order valence-electron chi connectivity index (χ0n) is 9.46. The molecule has 0 unspecified atom stereocenters. The monoisotopic (exact) mass is 208 g/mol. The third-order valence-corrected chi connectivity index (χ3v) is 2.78. The van der Waals surface area contributed by atoms with E-state index in [-0.39, 0.29) is 5.91 Å². The summed E-state index contributed by atoms with van der Waals surface area (Å²) < 4.78 is 0. The topological polar surface area (TPSA) is 32.3 Å². The highest BCUT2D eigenvalue weighted by Crippen LogP contribution is 2.08. The van der Waals surface area contributed by atoms with Gasteiger partial charge in [0.05, 0.1) is 0 Å². The van der Waals surface area contributed by atoms with E-state index in [1.807, 2.05) is 4.90 Å². The van der Waals surface area contributed by atoms with Gasteiger partial charge in [0, 0.05) is 38.5 Å². The Labute approximate surface area is 92.2 Å². The highest BCUT2D eigenvalue weighted by molar-refractivity contribution is 5.76. The standard InChI is InChI=1S/C12H20N2O/c1-3-4-5-6-7-12(15)14-9-8-13-10-11(14)2/h1,11,13H,4-10H2,2H3/t11-/m0/s1. The van der Waals surface area contributed by atoms with E-state index in [0.717, 1.165) is 38.9 Å². The summed E-state index contributed by atoms with van der Waals surface area (Å²) in [7, 11) is 0. The fourth-order valence-corrected chi connectivity index (χ4v) is 1.86. The van der Waals surface area contributed by atoms with Gasteiger partial charge in [-0.2, -0.15) is 0 Å². The van der Waals surface area contributed by atoms with Crippen LogP contribution >= 0.6 is 0 Å². The summed E-state index contributed by atoms with van der Waals surface area (Å²) in [5.74, 6) is 2.87. The first kappa shape index (κ1) is 12.1. The first-order chi connectivity index (χ1) is 7.25. The predicted octanol–water partition coefficient (Wildman–Crippen LogP) is 1.00. The molecule has 3 nitrogen and oxygen atoms in total. The summed E-state index contributed by atoms with van der Waals surface area (Å²) in [6, 6.07) is 0.332. The first-order valence-corrected chi connectivity index (χ1v) is 5.69. The summed E-state index contributed by atoms with van der Waals surface area (Å²) in [5.41, 5.74) is 0. The lowest BCUT2D eigenvalue weighted by Crippen LogP contribution is -2.52. The maximum atomic E-state index is 11.8. The number of nitrogens with one attached hydrogen (secondary N) is 1. The molecule has 1 rings (SSSR count). The molecule has 1 aliphatic rings. The Kier molecular flexibility index (Phi) is 5.20. The molecule has 0 radical (unpaired) electrons. The normalized spacial score (nSPS) is 21.1. The van der Waals surface area contributed by atoms with E-state index >= 15 is 0 Å². The molecule has 1 aliphatic heterocycles. The van der Waals surface area contributed by atoms with Gasteiger partial charge in [-0.15, -0.1) is 12.3 Å². The highest BCUT2D eigenvalue weighted by atomic mass is 16.2. The molecule has 0 aromatic heterocycles. The second kappa shape index (κ2) is 6.47. The van der Waals surface area contributed by atoms with Crippen molar-refractivity contribution in [1.29, 1.82) is 0 Å². The van der Waals surface area contributed by atoms with Crippen LogP contribution in [-0.4, -0.2) is 36.5 Å². The molecule has 0 aromatic carbocycles. The molecule has 1 atom stereocenters. The van der Waals surface area contributed by atoms with Gasteiger partial charge in [0.2, 0.25) is 5.91 Å². The van der Waals surface area contributed by atoms with Crippen LogP contribution < -0.4 is 5.32 Å². The van der Waals surface area contributed by atoms with E-state index in [2.05, 4.69) is 18.2 Å². The summed E-state index contributed by atoms with van der Waals surface area (Å²) in [5, 5.41) is 3.28. The Balaban J connectivity index is 2.23. The number of unbranched alkanes of at least 4 members (excludes halogenated alkanes) is 2. The van der Waals surface area contributed by atoms with Crippen molar-refractivity contribution in [3.8, 4) is 12.3 Å². The van der Waals surface area contributed by atoms with Gasteiger partial charge >= 0.3 is 0 Å². The minimum Gasteiger partial charge on any atom is -0.337 e. The second-order valence-electron chi connectivity index (χ2n) is 4.05. The molecule has 0 aliphatic carbocycles. The number of rotatable bonds is 4. The molecular weight excluding hydrogens is 188 g/mol. The number of hydrogen-bond donors (Lipinski definition) is 1. The summed E-state index contributed by atoms with van der Waals surface area (Å²) in [4.78, 5) is 13.8. The van der Waals surface area contributed by atoms with Crippen LogP contribution in [0.25, 0.3) is 0 Å². The summed E-state index contributed by atoms with van der Waals surface area (Å²) >= 11 is 0. The van der Waals surface area contributed by atoms with Crippen molar-refractivity contribution in [3.63, 3.8) is 0 Å². The summed E-state index contributed by atoms with van der Waals surface area (Å²) in [6.07, 6.45) is 8.46. The highest BCUT2D eigenvalue weighted by Gasteiger charge is 2.21. The lowest BCUT2D eigenvalue weighted by atomic mass is 10.1. The Hall–Kier alpha value is -1.01. The van der Waals surface area contributed by atoms with E-state index in [9.17, 15) is 4.79 Å². The van der Waals surface area contributed by atoms with Crippen LogP contribution in [-0.2, 0) is 4.79 Å². The van der Waals surface area contributed by atoms with E-state index in [4.69, 9.17) is 6.42 Å². The molecule has 0 bridgehead atoms. The number of terminal acetylenes is 1. The van der Waals surface area contributed by atoms with Crippen molar-refractivity contribution < 1.29 is 4.79 Å². The second-order valence-corrected chi connectivity index (χ2v) is 4.05. The SMILES string of the molecule is C#CCCCCC(=O)N1CCNC[C@@H]1C. The van der Waals surface area contributed by atoms with Gasteiger partial charge in [0.15, 0.2) is 0 Å². The van der Waals surface area contributed by atoms with Gasteiger partial charge < -0.3 is 10.2 Å². The Morgan fingerprint density at radius 2 is 2.40 bits per heavy atom. The van der Waals surface area contributed by atoms with E-state index < -0.39 is 0 Å². The maximum absolute atomic E-state index is 11.8. The van der Waals surface area contributed by atoms with Gasteiger partial charge in [-0.3, -0.25) is 4.79 Å². The largest absolute Gasteiger partial charge is 0.337 e. The zero-order chi connectivity index (χ0) is 11.1. The van der Waals surface area contributed by atoms with Crippen LogP contribution in [0.5, 0.6) is 0 Å². The lowest BCUT2D eigenvalue weighted by Gasteiger charge is -2.34. The minimum absolute atomic E-state index is 0.279. The van der Waals surface area contributed by atoms with Crippen molar-refractivity contribution in [2.75, 3.05) is 19.6 Å². The number of hydrogen-bond acceptors (Lipinski definition) is 2. The van der Waals surface area contributed by atoms with Crippen LogP contribution in [0.15, 0.2) is 0 Å². The van der Waals surface area contributed by atoms with Gasteiger partial charge in [-0.1, -0.05) is 0 Å². The molecule has 0 saturated carbocycles. The average molecular weight is 208 g/mol. The fourth-order valence-electron chi connectivity index (χ4n) is 1.86. The quantitative estimate of drug-likeness (QED) is 0.552. The van der Waals surface area contributed by atoms with Crippen LogP contribution in [0.1, 0.15) is 32.6 Å². The van der Waals surface area contributed by atoms with Crippen molar-refractivity contribution in [1.82, 2.24) is 10.2 Å². The van der Waals surface area contributed by atoms with Crippen LogP contribution in [0, 0.1) is 12.3 Å². The van der Waals surface area contributed by atoms with E-state index in [0.29, 0.717) is 12.5 Å². The van der Waals surface area contributed by atoms with Gasteiger partial charge in [0.25, 0.3) is 0 Å². The Morgan fingerprint density at radius 3 is 3.07 bits per heavy atom. The van der Waals surface area contributed by atoms with Crippen molar-refractivity contribution in [3.05, 3.63) is 0 Å². The van der Waals surface area contributed by atoms with Crippen molar-refractivity contribution in [2.24, 2.45) is 0 Å². The Bertz CT molecular complexity index is 244. The van der Waals surface area contributed by atoms with Crippen molar-refractivity contribution in [2.45, 2.75) is 38.6 Å². The number of piperazine rings is 1. The molecule has 1 amide bonds. The maximum Gasteiger partial charge on any atom is 0.222 e. The lowest BCUT2D eigenvalue weighted by molar-refractivity contribution is -0.134. The number of carbonyl (C=O) groups excluding carboxylic acids is 1. The molecule has 1 N–H and O–H groups in total. The number of amides is 1. The molecule has 1 heterocycles. The summed E-state index contributed by atoms with van der Waals surface area (Å²) in [6.45, 7) is 4.76. The number of carbonyl (C=O) groups is 1. The molecule has 3 heteroatoms. The minimum atomic E-state index is 0.279. The average Bonchev–Trinajstić information content (AvgIpc) is 2.25. The fraction of sp³-hybridized carbons (Fsp3) is 0.750. The van der Waals surface area contributed by atoms with Crippen LogP contribution in [0.4, 0.5) is 0 Å². The third-order valence-electron chi connectivity index (χ3n) is 2.78. The molecular formula is C12H20N2O. The van der Waals surface area contributed by atoms with Crippen LogP contribution in [0.3, 0.4) is 0 Å². The van der Waals surface area contributed by atoms with Gasteiger partial charge in [-0.05, 0) is 19.8 Å². The molecule has 0 aromatic rings. The van der Waals surface area contributed by atoms with E-state index in [1.165, 1.54) is 0 Å². The van der Waals surface area contributed by atoms with Gasteiger partial charge in [0.1, 0.15) is 0 Å². The van der Waals surface area contributed by atoms with Gasteiger partial charge in [-0.25, -0.2) is 0 Å². The first-order valence-electron chi connectivity index (χ1n) is 5.69. The molecule has 15 heavy (non-hydrogen) atoms. The predicted molar refractivity (Wildman–Crippen MR) is 61.3 cm³/mol. The molecule has 1 saturated heterocycles. The molecule has 1 fully saturated rings. The molecule has 84 valence electrons. The smallest absolute Gasteiger partial charge is 0.222 e. The van der Waals surface area contributed by atoms with Crippen molar-refractivity contribution >= 4 is 5.91 Å². The number of nitrogens with zero attached hydrogens (tertiary/aromatic N) is 1. The third kappa shape index (κ3) is 3.93. The van der Waals surface area contributed by atoms with Crippen LogP contribution in [0.2, 0.25) is 0 Å². The van der Waals surface area contributed by atoms with E-state index in [1.54, 1.807) is 0 Å². The zero-order valence-corrected chi connectivity index (χ0v) is 9.46. The Morgan fingerprint density at radius 1 is 1.60 bits per heavy atom. The molecule has 0 spiro atoms.